The molecule has 1 fully saturated rings. The van der Waals surface area contributed by atoms with E-state index >= 15 is 0 Å². The van der Waals surface area contributed by atoms with Gasteiger partial charge in [-0.1, -0.05) is 18.2 Å². The summed E-state index contributed by atoms with van der Waals surface area (Å²) in [6, 6.07) is 16.0. The van der Waals surface area contributed by atoms with Crippen molar-refractivity contribution in [2.75, 3.05) is 18.5 Å². The molecule has 2 amide bonds. The lowest BCUT2D eigenvalue weighted by Gasteiger charge is -2.15. The Morgan fingerprint density at radius 1 is 1.15 bits per heavy atom. The van der Waals surface area contributed by atoms with Gasteiger partial charge in [-0.15, -0.1) is 0 Å². The third kappa shape index (κ3) is 5.56. The maximum atomic E-state index is 12.3. The number of benzene rings is 2. The van der Waals surface area contributed by atoms with Crippen molar-refractivity contribution in [2.45, 2.75) is 32.0 Å². The lowest BCUT2D eigenvalue weighted by molar-refractivity contribution is -0.122. The molecule has 0 unspecified atom stereocenters. The van der Waals surface area contributed by atoms with Crippen molar-refractivity contribution in [3.05, 3.63) is 60.2 Å². The molecule has 0 radical (unpaired) electrons. The van der Waals surface area contributed by atoms with Crippen molar-refractivity contribution >= 4 is 17.5 Å². The average Bonchev–Trinajstić information content (AvgIpc) is 3.21. The van der Waals surface area contributed by atoms with Crippen molar-refractivity contribution in [1.29, 1.82) is 0 Å². The molecule has 0 bridgehead atoms. The van der Waals surface area contributed by atoms with Gasteiger partial charge in [-0.05, 0) is 56.2 Å². The van der Waals surface area contributed by atoms with E-state index in [4.69, 9.17) is 9.47 Å². The van der Waals surface area contributed by atoms with Gasteiger partial charge in [-0.2, -0.15) is 0 Å². The van der Waals surface area contributed by atoms with Gasteiger partial charge in [-0.25, -0.2) is 0 Å². The van der Waals surface area contributed by atoms with E-state index in [1.807, 2.05) is 18.2 Å². The summed E-state index contributed by atoms with van der Waals surface area (Å²) < 4.78 is 11.1. The first-order chi connectivity index (χ1) is 13.1. The first-order valence-corrected chi connectivity index (χ1v) is 9.14. The van der Waals surface area contributed by atoms with Crippen molar-refractivity contribution < 1.29 is 19.1 Å². The van der Waals surface area contributed by atoms with Crippen LogP contribution in [0, 0.1) is 0 Å². The van der Waals surface area contributed by atoms with Crippen LogP contribution < -0.4 is 15.4 Å². The van der Waals surface area contributed by atoms with Crippen molar-refractivity contribution in [1.82, 2.24) is 5.32 Å². The quantitative estimate of drug-likeness (QED) is 0.788. The van der Waals surface area contributed by atoms with E-state index in [-0.39, 0.29) is 17.9 Å². The van der Waals surface area contributed by atoms with Gasteiger partial charge in [-0.3, -0.25) is 9.59 Å². The Balaban J connectivity index is 1.49. The number of para-hydroxylation sites is 1. The maximum absolute atomic E-state index is 12.3. The summed E-state index contributed by atoms with van der Waals surface area (Å²) >= 11 is 0. The van der Waals surface area contributed by atoms with E-state index in [2.05, 4.69) is 10.6 Å². The fourth-order valence-electron chi connectivity index (χ4n) is 2.82. The molecule has 0 saturated carbocycles. The zero-order chi connectivity index (χ0) is 19.1. The number of rotatable bonds is 7. The zero-order valence-electron chi connectivity index (χ0n) is 15.3. The molecule has 2 N–H and O–H groups in total. The highest BCUT2D eigenvalue weighted by atomic mass is 16.5. The predicted octanol–water partition coefficient (Wildman–Crippen LogP) is 3.00. The fraction of sp³-hybridized carbons (Fsp3) is 0.333. The Morgan fingerprint density at radius 2 is 1.89 bits per heavy atom. The second-order valence-electron chi connectivity index (χ2n) is 6.48. The fourth-order valence-corrected chi connectivity index (χ4v) is 2.82. The van der Waals surface area contributed by atoms with E-state index in [0.29, 0.717) is 23.5 Å². The molecule has 1 aliphatic rings. The SMILES string of the molecule is C[C@@H](Oc1ccccc1)C(=O)Nc1ccc(C(=O)NC[C@H]2CCCO2)cc1. The second kappa shape index (κ2) is 9.19. The van der Waals surface area contributed by atoms with Gasteiger partial charge in [0.15, 0.2) is 6.10 Å². The number of carbonyl (C=O) groups is 2. The van der Waals surface area contributed by atoms with Crippen LogP contribution in [0.1, 0.15) is 30.1 Å². The Labute approximate surface area is 158 Å². The summed E-state index contributed by atoms with van der Waals surface area (Å²) in [6.45, 7) is 2.97. The third-order valence-electron chi connectivity index (χ3n) is 4.35. The summed E-state index contributed by atoms with van der Waals surface area (Å²) in [5, 5.41) is 5.66. The molecule has 6 heteroatoms. The second-order valence-corrected chi connectivity index (χ2v) is 6.48. The Bertz CT molecular complexity index is 756. The molecule has 0 aliphatic carbocycles. The number of hydrogen-bond acceptors (Lipinski definition) is 4. The summed E-state index contributed by atoms with van der Waals surface area (Å²) in [5.74, 6) is 0.233. The van der Waals surface area contributed by atoms with Crippen LogP contribution >= 0.6 is 0 Å². The number of amides is 2. The summed E-state index contributed by atoms with van der Waals surface area (Å²) in [5.41, 5.74) is 1.15. The van der Waals surface area contributed by atoms with Gasteiger partial charge in [0.25, 0.3) is 11.8 Å². The molecule has 2 atom stereocenters. The van der Waals surface area contributed by atoms with E-state index in [0.717, 1.165) is 19.4 Å². The minimum atomic E-state index is -0.637. The third-order valence-corrected chi connectivity index (χ3v) is 4.35. The van der Waals surface area contributed by atoms with Crippen LogP contribution in [-0.2, 0) is 9.53 Å². The first-order valence-electron chi connectivity index (χ1n) is 9.14. The van der Waals surface area contributed by atoms with Crippen molar-refractivity contribution in [3.63, 3.8) is 0 Å². The normalized spacial score (nSPS) is 17.1. The monoisotopic (exact) mass is 368 g/mol. The number of ether oxygens (including phenoxy) is 2. The zero-order valence-corrected chi connectivity index (χ0v) is 15.3. The molecular weight excluding hydrogens is 344 g/mol. The molecule has 6 nitrogen and oxygen atoms in total. The van der Waals surface area contributed by atoms with Crippen molar-refractivity contribution in [2.24, 2.45) is 0 Å². The molecule has 3 rings (SSSR count). The molecule has 142 valence electrons. The highest BCUT2D eigenvalue weighted by Gasteiger charge is 2.17. The maximum Gasteiger partial charge on any atom is 0.265 e. The topological polar surface area (TPSA) is 76.7 Å². The van der Waals surface area contributed by atoms with Crippen molar-refractivity contribution in [3.8, 4) is 5.75 Å². The number of hydrogen-bond donors (Lipinski definition) is 2. The standard InChI is InChI=1S/C21H24N2O4/c1-15(27-18-6-3-2-4-7-18)20(24)23-17-11-9-16(10-12-17)21(25)22-14-19-8-5-13-26-19/h2-4,6-7,9-12,15,19H,5,8,13-14H2,1H3,(H,22,25)(H,23,24)/t15-,19-/m1/s1. The van der Waals surface area contributed by atoms with Gasteiger partial charge in [0.1, 0.15) is 5.75 Å². The molecule has 2 aromatic carbocycles. The lowest BCUT2D eigenvalue weighted by Crippen LogP contribution is -2.32. The van der Waals surface area contributed by atoms with E-state index in [1.165, 1.54) is 0 Å². The largest absolute Gasteiger partial charge is 0.481 e. The Hall–Kier alpha value is -2.86. The summed E-state index contributed by atoms with van der Waals surface area (Å²) in [4.78, 5) is 24.4. The molecule has 0 spiro atoms. The van der Waals surface area contributed by atoms with E-state index < -0.39 is 6.10 Å². The van der Waals surface area contributed by atoms with Crippen LogP contribution in [0.25, 0.3) is 0 Å². The lowest BCUT2D eigenvalue weighted by atomic mass is 10.1. The number of carbonyl (C=O) groups excluding carboxylic acids is 2. The minimum absolute atomic E-state index is 0.110. The molecule has 2 aromatic rings. The molecule has 1 saturated heterocycles. The first kappa shape index (κ1) is 18.9. The van der Waals surface area contributed by atoms with Gasteiger partial charge >= 0.3 is 0 Å². The molecule has 0 aromatic heterocycles. The van der Waals surface area contributed by atoms with Crippen LogP contribution in [0.5, 0.6) is 5.75 Å². The Kier molecular flexibility index (Phi) is 6.44. The van der Waals surface area contributed by atoms with Gasteiger partial charge < -0.3 is 20.1 Å². The predicted molar refractivity (Wildman–Crippen MR) is 103 cm³/mol. The van der Waals surface area contributed by atoms with Crippen LogP contribution in [0.15, 0.2) is 54.6 Å². The summed E-state index contributed by atoms with van der Waals surface area (Å²) in [7, 11) is 0. The average molecular weight is 368 g/mol. The molecular formula is C21H24N2O4. The molecule has 1 aliphatic heterocycles. The van der Waals surface area contributed by atoms with Crippen LogP contribution in [0.3, 0.4) is 0 Å². The number of nitrogens with one attached hydrogen (secondary N) is 2. The highest BCUT2D eigenvalue weighted by Crippen LogP contribution is 2.14. The van der Waals surface area contributed by atoms with Crippen LogP contribution in [0.4, 0.5) is 5.69 Å². The Morgan fingerprint density at radius 3 is 2.56 bits per heavy atom. The number of anilines is 1. The van der Waals surface area contributed by atoms with Gasteiger partial charge in [0.05, 0.1) is 6.10 Å². The molecule has 1 heterocycles. The highest BCUT2D eigenvalue weighted by molar-refractivity contribution is 5.96. The summed E-state index contributed by atoms with van der Waals surface area (Å²) in [6.07, 6.45) is 1.50. The van der Waals surface area contributed by atoms with E-state index in [1.54, 1.807) is 43.3 Å². The van der Waals surface area contributed by atoms with Crippen LogP contribution in [0.2, 0.25) is 0 Å². The van der Waals surface area contributed by atoms with Gasteiger partial charge in [0, 0.05) is 24.4 Å². The smallest absolute Gasteiger partial charge is 0.265 e. The minimum Gasteiger partial charge on any atom is -0.481 e. The van der Waals surface area contributed by atoms with Crippen LogP contribution in [-0.4, -0.2) is 37.2 Å². The van der Waals surface area contributed by atoms with E-state index in [9.17, 15) is 9.59 Å². The van der Waals surface area contributed by atoms with Gasteiger partial charge in [0.2, 0.25) is 0 Å². The molecule has 27 heavy (non-hydrogen) atoms.